The van der Waals surface area contributed by atoms with E-state index in [0.717, 1.165) is 42.7 Å². The second-order valence-electron chi connectivity index (χ2n) is 10.3. The lowest BCUT2D eigenvalue weighted by molar-refractivity contribution is -0.119. The highest BCUT2D eigenvalue weighted by Gasteiger charge is 2.37. The number of hydrogen-bond donors (Lipinski definition) is 2. The number of amides is 1. The van der Waals surface area contributed by atoms with Crippen molar-refractivity contribution in [2.75, 3.05) is 25.4 Å². The van der Waals surface area contributed by atoms with Crippen LogP contribution in [0.4, 0.5) is 10.2 Å². The molecule has 1 aliphatic rings. The van der Waals surface area contributed by atoms with Gasteiger partial charge in [-0.2, -0.15) is 0 Å². The van der Waals surface area contributed by atoms with Crippen molar-refractivity contribution < 1.29 is 9.18 Å². The highest BCUT2D eigenvalue weighted by molar-refractivity contribution is 5.92. The predicted molar refractivity (Wildman–Crippen MR) is 155 cm³/mol. The van der Waals surface area contributed by atoms with Crippen LogP contribution in [0, 0.1) is 5.82 Å². The molecule has 6 rings (SSSR count). The summed E-state index contributed by atoms with van der Waals surface area (Å²) < 4.78 is 18.2. The second kappa shape index (κ2) is 10.7. The molecule has 0 radical (unpaired) electrons. The van der Waals surface area contributed by atoms with Crippen LogP contribution >= 0.6 is 0 Å². The molecule has 40 heavy (non-hydrogen) atoms. The maximum atomic E-state index is 16.2. The average Bonchev–Trinajstić information content (AvgIpc) is 3.32. The van der Waals surface area contributed by atoms with Gasteiger partial charge in [-0.05, 0) is 31.5 Å². The molecule has 8 nitrogen and oxygen atoms in total. The van der Waals surface area contributed by atoms with E-state index in [0.29, 0.717) is 46.4 Å². The lowest BCUT2D eigenvalue weighted by atomic mass is 9.78. The Morgan fingerprint density at radius 2 is 1.90 bits per heavy atom. The van der Waals surface area contributed by atoms with Gasteiger partial charge in [-0.15, -0.1) is 0 Å². The van der Waals surface area contributed by atoms with Gasteiger partial charge in [0.2, 0.25) is 5.91 Å². The maximum Gasteiger partial charge on any atom is 0.216 e. The molecule has 5 aromatic rings. The van der Waals surface area contributed by atoms with E-state index in [1.54, 1.807) is 12.3 Å². The summed E-state index contributed by atoms with van der Waals surface area (Å²) in [6.45, 7) is 6.01. The lowest BCUT2D eigenvalue weighted by Crippen LogP contribution is -2.47. The molecule has 3 aromatic heterocycles. The summed E-state index contributed by atoms with van der Waals surface area (Å²) in [4.78, 5) is 27.6. The minimum Gasteiger partial charge on any atom is -0.382 e. The Bertz CT molecular complexity index is 1700. The summed E-state index contributed by atoms with van der Waals surface area (Å²) in [5.41, 5.74) is 9.73. The summed E-state index contributed by atoms with van der Waals surface area (Å²) in [7, 11) is 0. The van der Waals surface area contributed by atoms with E-state index in [1.807, 2.05) is 59.1 Å². The number of fused-ring (bicyclic) bond motifs is 2. The van der Waals surface area contributed by atoms with Crippen molar-refractivity contribution in [2.24, 2.45) is 0 Å². The van der Waals surface area contributed by atoms with E-state index < -0.39 is 5.82 Å². The lowest BCUT2D eigenvalue weighted by Gasteiger charge is -2.42. The van der Waals surface area contributed by atoms with Crippen LogP contribution in [-0.4, -0.2) is 55.8 Å². The minimum absolute atomic E-state index is 0.0162. The SMILES string of the molecule is CCN(CCNC(C)=O)C1CC(c2nc(-c3ccc4ccc(-c5ccccc5)nc4c3F)c3c(N)nccn23)C1. The molecule has 9 heteroatoms. The van der Waals surface area contributed by atoms with Crippen molar-refractivity contribution in [3.63, 3.8) is 0 Å². The van der Waals surface area contributed by atoms with Crippen molar-refractivity contribution in [1.82, 2.24) is 29.6 Å². The molecule has 1 saturated carbocycles. The zero-order valence-corrected chi connectivity index (χ0v) is 22.6. The molecule has 0 saturated heterocycles. The van der Waals surface area contributed by atoms with Gasteiger partial charge >= 0.3 is 0 Å². The number of nitrogen functional groups attached to an aromatic ring is 1. The topological polar surface area (TPSA) is 101 Å². The standard InChI is InChI=1S/C31H32FN7O/c1-3-38(15-13-34-19(2)40)23-17-22(18-23)31-37-28(29-30(33)35-14-16-39(29)31)24-11-9-21-10-12-25(36-27(21)26(24)32)20-7-5-4-6-8-20/h4-12,14,16,22-23H,3,13,15,17-18H2,1-2H3,(H2,33,35)(H,34,40). The first-order valence-electron chi connectivity index (χ1n) is 13.7. The number of likely N-dealkylation sites (N-methyl/N-ethyl adjacent to an activating group) is 1. The molecule has 0 unspecified atom stereocenters. The second-order valence-corrected chi connectivity index (χ2v) is 10.3. The Morgan fingerprint density at radius 1 is 1.12 bits per heavy atom. The third-order valence-electron chi connectivity index (χ3n) is 7.91. The normalized spacial score (nSPS) is 16.9. The zero-order valence-electron chi connectivity index (χ0n) is 22.6. The van der Waals surface area contributed by atoms with Crippen LogP contribution in [0.1, 0.15) is 38.4 Å². The zero-order chi connectivity index (χ0) is 27.8. The number of nitrogens with two attached hydrogens (primary N) is 1. The highest BCUT2D eigenvalue weighted by Crippen LogP contribution is 2.42. The smallest absolute Gasteiger partial charge is 0.216 e. The number of carbonyl (C=O) groups excluding carboxylic acids is 1. The van der Waals surface area contributed by atoms with Gasteiger partial charge in [0.05, 0.1) is 5.69 Å². The monoisotopic (exact) mass is 537 g/mol. The van der Waals surface area contributed by atoms with Gasteiger partial charge in [-0.3, -0.25) is 14.1 Å². The van der Waals surface area contributed by atoms with Crippen molar-refractivity contribution in [3.05, 3.63) is 78.6 Å². The van der Waals surface area contributed by atoms with Crippen molar-refractivity contribution in [1.29, 1.82) is 0 Å². The Hall–Kier alpha value is -4.37. The Labute approximate surface area is 232 Å². The number of nitrogens with zero attached hydrogens (tertiary/aromatic N) is 5. The van der Waals surface area contributed by atoms with Gasteiger partial charge in [0.15, 0.2) is 5.82 Å². The van der Waals surface area contributed by atoms with E-state index in [9.17, 15) is 4.79 Å². The first-order valence-corrected chi connectivity index (χ1v) is 13.7. The fourth-order valence-electron chi connectivity index (χ4n) is 5.74. The van der Waals surface area contributed by atoms with Crippen molar-refractivity contribution in [2.45, 2.75) is 38.6 Å². The number of pyridine rings is 1. The molecule has 3 heterocycles. The Kier molecular flexibility index (Phi) is 6.89. The largest absolute Gasteiger partial charge is 0.382 e. The maximum absolute atomic E-state index is 16.2. The molecule has 0 aliphatic heterocycles. The van der Waals surface area contributed by atoms with Gasteiger partial charge in [-0.1, -0.05) is 49.4 Å². The van der Waals surface area contributed by atoms with E-state index in [-0.39, 0.29) is 11.8 Å². The number of carbonyl (C=O) groups is 1. The van der Waals surface area contributed by atoms with Crippen LogP contribution in [0.3, 0.4) is 0 Å². The Balaban J connectivity index is 1.35. The molecule has 0 spiro atoms. The number of anilines is 1. The number of nitrogens with one attached hydrogen (secondary N) is 1. The number of hydrogen-bond acceptors (Lipinski definition) is 6. The highest BCUT2D eigenvalue weighted by atomic mass is 19.1. The van der Waals surface area contributed by atoms with E-state index >= 15 is 4.39 Å². The molecule has 0 atom stereocenters. The third kappa shape index (κ3) is 4.66. The summed E-state index contributed by atoms with van der Waals surface area (Å²) in [5, 5.41) is 3.60. The van der Waals surface area contributed by atoms with Crippen LogP contribution in [0.25, 0.3) is 38.9 Å². The number of imidazole rings is 1. The average molecular weight is 538 g/mol. The van der Waals surface area contributed by atoms with Crippen LogP contribution in [0.15, 0.2) is 67.0 Å². The van der Waals surface area contributed by atoms with Gasteiger partial charge in [0, 0.05) is 60.9 Å². The van der Waals surface area contributed by atoms with Gasteiger partial charge in [-0.25, -0.2) is 19.3 Å². The molecule has 0 bridgehead atoms. The summed E-state index contributed by atoms with van der Waals surface area (Å²) >= 11 is 0. The van der Waals surface area contributed by atoms with Crippen molar-refractivity contribution in [3.8, 4) is 22.5 Å². The third-order valence-corrected chi connectivity index (χ3v) is 7.91. The van der Waals surface area contributed by atoms with Crippen LogP contribution < -0.4 is 11.1 Å². The quantitative estimate of drug-likeness (QED) is 0.288. The van der Waals surface area contributed by atoms with Gasteiger partial charge < -0.3 is 11.1 Å². The first kappa shape index (κ1) is 25.9. The number of halogens is 1. The summed E-state index contributed by atoms with van der Waals surface area (Å²) in [5.74, 6) is 0.931. The predicted octanol–water partition coefficient (Wildman–Crippen LogP) is 5.04. The molecule has 204 valence electrons. The molecule has 3 N–H and O–H groups in total. The van der Waals surface area contributed by atoms with Crippen LogP contribution in [0.2, 0.25) is 0 Å². The molecule has 1 aliphatic carbocycles. The van der Waals surface area contributed by atoms with Crippen LogP contribution in [0.5, 0.6) is 0 Å². The molecule has 1 amide bonds. The molecule has 2 aromatic carbocycles. The van der Waals surface area contributed by atoms with Crippen molar-refractivity contribution >= 4 is 28.1 Å². The van der Waals surface area contributed by atoms with E-state index in [4.69, 9.17) is 10.7 Å². The molecular weight excluding hydrogens is 505 g/mol. The van der Waals surface area contributed by atoms with E-state index in [2.05, 4.69) is 27.1 Å². The molecule has 1 fully saturated rings. The molecular formula is C31H32FN7O. The fourth-order valence-corrected chi connectivity index (χ4v) is 5.74. The Morgan fingerprint density at radius 3 is 2.65 bits per heavy atom. The summed E-state index contributed by atoms with van der Waals surface area (Å²) in [6.07, 6.45) is 5.36. The summed E-state index contributed by atoms with van der Waals surface area (Å²) in [6, 6.07) is 17.6. The van der Waals surface area contributed by atoms with Gasteiger partial charge in [0.25, 0.3) is 0 Å². The van der Waals surface area contributed by atoms with E-state index in [1.165, 1.54) is 6.92 Å². The number of benzene rings is 2. The first-order chi connectivity index (χ1) is 19.4. The van der Waals surface area contributed by atoms with Gasteiger partial charge in [0.1, 0.15) is 28.4 Å². The van der Waals surface area contributed by atoms with Crippen LogP contribution in [-0.2, 0) is 4.79 Å². The minimum atomic E-state index is -0.424. The fraction of sp³-hybridized carbons (Fsp3) is 0.290. The number of rotatable bonds is 8. The number of aromatic nitrogens is 4.